The summed E-state index contributed by atoms with van der Waals surface area (Å²) in [4.78, 5) is 28.1. The molecule has 148 valence electrons. The van der Waals surface area contributed by atoms with Gasteiger partial charge in [-0.3, -0.25) is 4.90 Å². The molecule has 2 aromatic rings. The first kappa shape index (κ1) is 19.8. The average molecular weight is 385 g/mol. The van der Waals surface area contributed by atoms with E-state index in [2.05, 4.69) is 10.2 Å². The van der Waals surface area contributed by atoms with Gasteiger partial charge < -0.3 is 15.0 Å². The van der Waals surface area contributed by atoms with E-state index in [1.165, 1.54) is 13.2 Å². The summed E-state index contributed by atoms with van der Waals surface area (Å²) in [5.41, 5.74) is 1.65. The van der Waals surface area contributed by atoms with Gasteiger partial charge in [-0.15, -0.1) is 0 Å². The van der Waals surface area contributed by atoms with Crippen molar-refractivity contribution in [3.63, 3.8) is 0 Å². The molecule has 2 aromatic carbocycles. The third-order valence-electron chi connectivity index (χ3n) is 4.85. The summed E-state index contributed by atoms with van der Waals surface area (Å²) >= 11 is 0. The Bertz CT molecular complexity index is 835. The second-order valence-electron chi connectivity index (χ2n) is 6.67. The number of methoxy groups -OCH3 is 1. The topological polar surface area (TPSA) is 61.9 Å². The molecule has 28 heavy (non-hydrogen) atoms. The monoisotopic (exact) mass is 385 g/mol. The SMILES string of the molecule is COC(=O)c1cccc(NC(=O)N2CCN(CCc3ccccc3F)CC2)c1. The average Bonchev–Trinajstić information content (AvgIpc) is 2.73. The van der Waals surface area contributed by atoms with Crippen LogP contribution in [0.3, 0.4) is 0 Å². The number of ether oxygens (including phenoxy) is 1. The summed E-state index contributed by atoms with van der Waals surface area (Å²) in [6.07, 6.45) is 0.652. The Hall–Kier alpha value is -2.93. The molecule has 7 heteroatoms. The van der Waals surface area contributed by atoms with Crippen molar-refractivity contribution in [2.45, 2.75) is 6.42 Å². The van der Waals surface area contributed by atoms with Crippen LogP contribution in [0.25, 0.3) is 0 Å². The number of hydrogen-bond donors (Lipinski definition) is 1. The number of nitrogens with zero attached hydrogens (tertiary/aromatic N) is 2. The Morgan fingerprint density at radius 1 is 1.07 bits per heavy atom. The number of benzene rings is 2. The van der Waals surface area contributed by atoms with Gasteiger partial charge in [0.15, 0.2) is 0 Å². The number of anilines is 1. The lowest BCUT2D eigenvalue weighted by Crippen LogP contribution is -2.50. The van der Waals surface area contributed by atoms with Crippen molar-refractivity contribution in [2.24, 2.45) is 0 Å². The molecule has 1 saturated heterocycles. The van der Waals surface area contributed by atoms with Gasteiger partial charge in [0, 0.05) is 38.4 Å². The van der Waals surface area contributed by atoms with Gasteiger partial charge in [0.1, 0.15) is 5.82 Å². The van der Waals surface area contributed by atoms with Crippen molar-refractivity contribution in [1.82, 2.24) is 9.80 Å². The number of halogens is 1. The van der Waals surface area contributed by atoms with Gasteiger partial charge in [-0.2, -0.15) is 0 Å². The van der Waals surface area contributed by atoms with E-state index in [0.717, 1.165) is 19.6 Å². The molecule has 0 unspecified atom stereocenters. The molecular formula is C21H24FN3O3. The highest BCUT2D eigenvalue weighted by atomic mass is 19.1. The van der Waals surface area contributed by atoms with Crippen molar-refractivity contribution in [3.05, 3.63) is 65.5 Å². The zero-order chi connectivity index (χ0) is 19.9. The predicted octanol–water partition coefficient (Wildman–Crippen LogP) is 3.00. The third-order valence-corrected chi connectivity index (χ3v) is 4.85. The molecule has 1 aliphatic heterocycles. The summed E-state index contributed by atoms with van der Waals surface area (Å²) in [7, 11) is 1.32. The lowest BCUT2D eigenvalue weighted by atomic mass is 10.1. The number of carbonyl (C=O) groups is 2. The Morgan fingerprint density at radius 2 is 1.82 bits per heavy atom. The number of piperazine rings is 1. The van der Waals surface area contributed by atoms with Crippen molar-refractivity contribution in [3.8, 4) is 0 Å². The van der Waals surface area contributed by atoms with E-state index < -0.39 is 5.97 Å². The fourth-order valence-electron chi connectivity index (χ4n) is 3.20. The first-order chi connectivity index (χ1) is 13.6. The van der Waals surface area contributed by atoms with Crippen LogP contribution in [0.5, 0.6) is 0 Å². The summed E-state index contributed by atoms with van der Waals surface area (Å²) in [5.74, 6) is -0.616. The predicted molar refractivity (Wildman–Crippen MR) is 105 cm³/mol. The van der Waals surface area contributed by atoms with E-state index in [-0.39, 0.29) is 11.8 Å². The molecule has 0 spiro atoms. The molecule has 2 amide bonds. The fourth-order valence-corrected chi connectivity index (χ4v) is 3.20. The Kier molecular flexibility index (Phi) is 6.60. The molecule has 1 N–H and O–H groups in total. The minimum Gasteiger partial charge on any atom is -0.465 e. The largest absolute Gasteiger partial charge is 0.465 e. The van der Waals surface area contributed by atoms with E-state index in [9.17, 15) is 14.0 Å². The lowest BCUT2D eigenvalue weighted by Gasteiger charge is -2.34. The number of carbonyl (C=O) groups excluding carboxylic acids is 2. The molecule has 6 nitrogen and oxygen atoms in total. The fraction of sp³-hybridized carbons (Fsp3) is 0.333. The van der Waals surface area contributed by atoms with E-state index >= 15 is 0 Å². The molecule has 0 saturated carbocycles. The van der Waals surface area contributed by atoms with Crippen LogP contribution in [0.15, 0.2) is 48.5 Å². The Morgan fingerprint density at radius 3 is 2.54 bits per heavy atom. The number of rotatable bonds is 5. The second kappa shape index (κ2) is 9.32. The van der Waals surface area contributed by atoms with Crippen LogP contribution in [0.2, 0.25) is 0 Å². The number of hydrogen-bond acceptors (Lipinski definition) is 4. The smallest absolute Gasteiger partial charge is 0.337 e. The molecule has 0 aliphatic carbocycles. The Balaban J connectivity index is 1.47. The summed E-state index contributed by atoms with van der Waals surface area (Å²) < 4.78 is 18.4. The highest BCUT2D eigenvalue weighted by Gasteiger charge is 2.21. The maximum atomic E-state index is 13.7. The van der Waals surface area contributed by atoms with Crippen LogP contribution in [-0.4, -0.2) is 61.6 Å². The van der Waals surface area contributed by atoms with Gasteiger partial charge in [-0.1, -0.05) is 24.3 Å². The van der Waals surface area contributed by atoms with Crippen LogP contribution in [0.4, 0.5) is 14.9 Å². The molecule has 3 rings (SSSR count). The first-order valence-corrected chi connectivity index (χ1v) is 9.27. The number of nitrogens with one attached hydrogen (secondary N) is 1. The van der Waals surface area contributed by atoms with Crippen LogP contribution >= 0.6 is 0 Å². The van der Waals surface area contributed by atoms with Crippen LogP contribution < -0.4 is 5.32 Å². The highest BCUT2D eigenvalue weighted by Crippen LogP contribution is 2.14. The van der Waals surface area contributed by atoms with Gasteiger partial charge in [-0.05, 0) is 36.2 Å². The molecule has 0 bridgehead atoms. The normalized spacial score (nSPS) is 14.6. The third kappa shape index (κ3) is 5.07. The van der Waals surface area contributed by atoms with Crippen molar-refractivity contribution >= 4 is 17.7 Å². The van der Waals surface area contributed by atoms with E-state index in [1.54, 1.807) is 35.2 Å². The highest BCUT2D eigenvalue weighted by molar-refractivity contribution is 5.93. The zero-order valence-corrected chi connectivity index (χ0v) is 15.9. The summed E-state index contributed by atoms with van der Waals surface area (Å²) in [6.45, 7) is 3.44. The van der Waals surface area contributed by atoms with Crippen LogP contribution in [0.1, 0.15) is 15.9 Å². The molecule has 1 heterocycles. The summed E-state index contributed by atoms with van der Waals surface area (Å²) in [5, 5.41) is 2.82. The van der Waals surface area contributed by atoms with Gasteiger partial charge in [0.2, 0.25) is 0 Å². The minimum absolute atomic E-state index is 0.172. The van der Waals surface area contributed by atoms with Crippen molar-refractivity contribution in [2.75, 3.05) is 45.2 Å². The lowest BCUT2D eigenvalue weighted by molar-refractivity contribution is 0.0600. The quantitative estimate of drug-likeness (QED) is 0.804. The van der Waals surface area contributed by atoms with E-state index in [0.29, 0.717) is 36.3 Å². The standard InChI is InChI=1S/C21H24FN3O3/c1-28-20(26)17-6-4-7-18(15-17)23-21(27)25-13-11-24(12-14-25)10-9-16-5-2-3-8-19(16)22/h2-8,15H,9-14H2,1H3,(H,23,27). The van der Waals surface area contributed by atoms with Gasteiger partial charge >= 0.3 is 12.0 Å². The number of urea groups is 1. The van der Waals surface area contributed by atoms with Crippen LogP contribution in [-0.2, 0) is 11.2 Å². The van der Waals surface area contributed by atoms with Gasteiger partial charge in [0.25, 0.3) is 0 Å². The van der Waals surface area contributed by atoms with Crippen LogP contribution in [0, 0.1) is 5.82 Å². The van der Waals surface area contributed by atoms with Gasteiger partial charge in [-0.25, -0.2) is 14.0 Å². The molecule has 0 atom stereocenters. The maximum absolute atomic E-state index is 13.7. The molecular weight excluding hydrogens is 361 g/mol. The second-order valence-corrected chi connectivity index (χ2v) is 6.67. The van der Waals surface area contributed by atoms with Gasteiger partial charge in [0.05, 0.1) is 12.7 Å². The molecule has 1 fully saturated rings. The molecule has 1 aliphatic rings. The molecule has 0 aromatic heterocycles. The number of esters is 1. The zero-order valence-electron chi connectivity index (χ0n) is 15.9. The summed E-state index contributed by atoms with van der Waals surface area (Å²) in [6, 6.07) is 13.3. The van der Waals surface area contributed by atoms with E-state index in [4.69, 9.17) is 4.74 Å². The molecule has 0 radical (unpaired) electrons. The van der Waals surface area contributed by atoms with Crippen molar-refractivity contribution < 1.29 is 18.7 Å². The minimum atomic E-state index is -0.445. The first-order valence-electron chi connectivity index (χ1n) is 9.27. The van der Waals surface area contributed by atoms with E-state index in [1.807, 2.05) is 12.1 Å². The number of amides is 2. The maximum Gasteiger partial charge on any atom is 0.337 e. The van der Waals surface area contributed by atoms with Crippen molar-refractivity contribution in [1.29, 1.82) is 0 Å². The Labute approximate surface area is 163 Å².